The molecular weight excluding hydrogens is 520 g/mol. The van der Waals surface area contributed by atoms with Crippen molar-refractivity contribution in [3.63, 3.8) is 0 Å². The van der Waals surface area contributed by atoms with E-state index in [1.54, 1.807) is 61.5 Å². The van der Waals surface area contributed by atoms with E-state index in [0.29, 0.717) is 10.1 Å². The highest BCUT2D eigenvalue weighted by atomic mass is 32.2. The Labute approximate surface area is 223 Å². The first-order valence-electron chi connectivity index (χ1n) is 11.9. The fraction of sp³-hybridized carbons (Fsp3) is 0.103. The minimum absolute atomic E-state index is 0.00453. The Hall–Kier alpha value is -4.21. The van der Waals surface area contributed by atoms with Crippen molar-refractivity contribution in [1.29, 1.82) is 0 Å². The largest absolute Gasteiger partial charge is 0.463 e. The highest BCUT2D eigenvalue weighted by Gasteiger charge is 2.42. The molecule has 38 heavy (non-hydrogen) atoms. The zero-order valence-corrected chi connectivity index (χ0v) is 22.0. The Balaban J connectivity index is 1.93. The van der Waals surface area contributed by atoms with E-state index >= 15 is 0 Å². The van der Waals surface area contributed by atoms with Crippen LogP contribution in [0.15, 0.2) is 106 Å². The average molecular weight is 545 g/mol. The highest BCUT2D eigenvalue weighted by molar-refractivity contribution is 7.95. The van der Waals surface area contributed by atoms with Gasteiger partial charge in [-0.25, -0.2) is 13.2 Å². The standard InChI is InChI=1S/C29H24N2O5S2/c1-2-36-29(33)24-23(20-14-8-4-9-15-20)25(38(34,35)21-16-10-5-11-17-21)26(30)31-27(32)22(37-28(24)31)18-19-12-6-3-7-13-19/h3-18,23H,2,30H2,1H3/b22-18+/t23-/m0/s1. The number of hydrogen-bond donors (Lipinski definition) is 1. The Bertz CT molecular complexity index is 1820. The van der Waals surface area contributed by atoms with Gasteiger partial charge >= 0.3 is 5.97 Å². The van der Waals surface area contributed by atoms with Crippen LogP contribution in [0.1, 0.15) is 24.0 Å². The molecule has 0 aliphatic carbocycles. The van der Waals surface area contributed by atoms with Crippen molar-refractivity contribution in [1.82, 2.24) is 4.57 Å². The topological polar surface area (TPSA) is 108 Å². The van der Waals surface area contributed by atoms with Gasteiger partial charge < -0.3 is 10.5 Å². The number of thiazole rings is 1. The van der Waals surface area contributed by atoms with E-state index in [9.17, 15) is 18.0 Å². The number of ether oxygens (including phenoxy) is 1. The molecule has 0 saturated heterocycles. The molecule has 0 amide bonds. The number of allylic oxidation sites excluding steroid dienone is 1. The second-order valence-electron chi connectivity index (χ2n) is 8.51. The van der Waals surface area contributed by atoms with Gasteiger partial charge in [0.15, 0.2) is 0 Å². The molecule has 3 aromatic carbocycles. The number of fused-ring (bicyclic) bond motifs is 1. The summed E-state index contributed by atoms with van der Waals surface area (Å²) >= 11 is 1.08. The molecule has 0 fully saturated rings. The van der Waals surface area contributed by atoms with E-state index in [0.717, 1.165) is 21.5 Å². The maximum absolute atomic E-state index is 14.1. The minimum atomic E-state index is -4.24. The van der Waals surface area contributed by atoms with Gasteiger partial charge in [0.1, 0.15) is 15.4 Å². The summed E-state index contributed by atoms with van der Waals surface area (Å²) in [4.78, 5) is 26.9. The first kappa shape index (κ1) is 25.4. The molecule has 0 unspecified atom stereocenters. The number of carbonyl (C=O) groups excluding carboxylic acids is 1. The third-order valence-corrected chi connectivity index (χ3v) is 9.19. The van der Waals surface area contributed by atoms with Crippen LogP contribution in [0.4, 0.5) is 0 Å². The zero-order chi connectivity index (χ0) is 26.9. The molecule has 1 aliphatic heterocycles. The summed E-state index contributed by atoms with van der Waals surface area (Å²) in [6.07, 6.45) is 1.69. The maximum Gasteiger partial charge on any atom is 0.338 e. The van der Waals surface area contributed by atoms with E-state index in [1.807, 2.05) is 30.3 Å². The van der Waals surface area contributed by atoms with Gasteiger partial charge in [0.25, 0.3) is 5.56 Å². The van der Waals surface area contributed by atoms with Crippen molar-refractivity contribution in [3.05, 3.63) is 127 Å². The predicted octanol–water partition coefficient (Wildman–Crippen LogP) is 2.81. The van der Waals surface area contributed by atoms with Gasteiger partial charge in [-0.05, 0) is 36.3 Å². The summed E-state index contributed by atoms with van der Waals surface area (Å²) in [6.45, 7) is 1.74. The third kappa shape index (κ3) is 4.40. The van der Waals surface area contributed by atoms with Gasteiger partial charge in [-0.1, -0.05) is 78.9 Å². The quantitative estimate of drug-likeness (QED) is 0.374. The van der Waals surface area contributed by atoms with Crippen molar-refractivity contribution in [2.45, 2.75) is 17.7 Å². The lowest BCUT2D eigenvalue weighted by atomic mass is 9.89. The Morgan fingerprint density at radius 3 is 2.16 bits per heavy atom. The molecule has 7 nitrogen and oxygen atoms in total. The van der Waals surface area contributed by atoms with E-state index in [4.69, 9.17) is 10.5 Å². The van der Waals surface area contributed by atoms with E-state index < -0.39 is 27.3 Å². The lowest BCUT2D eigenvalue weighted by molar-refractivity contribution is -0.136. The van der Waals surface area contributed by atoms with Crippen molar-refractivity contribution in [3.8, 4) is 0 Å². The zero-order valence-electron chi connectivity index (χ0n) is 20.4. The molecule has 1 aliphatic rings. The van der Waals surface area contributed by atoms with Crippen LogP contribution in [0.25, 0.3) is 17.5 Å². The number of nitrogens with two attached hydrogens (primary N) is 1. The molecule has 5 rings (SSSR count). The SMILES string of the molecule is CCOC(=O)C1=c2s/c(=C/c3ccccc3)c(=O)n2C(N)=C(S(=O)(=O)c2ccccc2)[C@H]1c1ccccc1. The van der Waals surface area contributed by atoms with E-state index in [1.165, 1.54) is 12.1 Å². The smallest absolute Gasteiger partial charge is 0.338 e. The summed E-state index contributed by atoms with van der Waals surface area (Å²) in [6, 6.07) is 25.8. The summed E-state index contributed by atoms with van der Waals surface area (Å²) in [5.74, 6) is -2.03. The van der Waals surface area contributed by atoms with Crippen LogP contribution in [-0.4, -0.2) is 25.6 Å². The van der Waals surface area contributed by atoms with Crippen LogP contribution in [-0.2, 0) is 19.4 Å². The highest BCUT2D eigenvalue weighted by Crippen LogP contribution is 2.42. The predicted molar refractivity (Wildman–Crippen MR) is 148 cm³/mol. The van der Waals surface area contributed by atoms with Crippen molar-refractivity contribution in [2.24, 2.45) is 5.73 Å². The van der Waals surface area contributed by atoms with Gasteiger partial charge in [-0.2, -0.15) is 0 Å². The Morgan fingerprint density at radius 2 is 1.55 bits per heavy atom. The summed E-state index contributed by atoms with van der Waals surface area (Å²) in [5, 5.41) is 0. The lowest BCUT2D eigenvalue weighted by Gasteiger charge is -2.28. The Kier molecular flexibility index (Phi) is 6.88. The van der Waals surface area contributed by atoms with Gasteiger partial charge in [-0.3, -0.25) is 9.36 Å². The first-order chi connectivity index (χ1) is 18.3. The van der Waals surface area contributed by atoms with E-state index in [2.05, 4.69) is 0 Å². The number of sulfone groups is 1. The molecule has 0 bridgehead atoms. The van der Waals surface area contributed by atoms with Crippen LogP contribution in [0.5, 0.6) is 0 Å². The van der Waals surface area contributed by atoms with Gasteiger partial charge in [-0.15, -0.1) is 11.3 Å². The molecule has 0 spiro atoms. The molecule has 0 saturated carbocycles. The molecule has 0 radical (unpaired) electrons. The average Bonchev–Trinajstić information content (AvgIpc) is 3.25. The van der Waals surface area contributed by atoms with Crippen LogP contribution >= 0.6 is 11.3 Å². The number of benzene rings is 3. The summed E-state index contributed by atoms with van der Waals surface area (Å²) in [7, 11) is -4.24. The molecule has 192 valence electrons. The monoisotopic (exact) mass is 544 g/mol. The summed E-state index contributed by atoms with van der Waals surface area (Å²) in [5.41, 5.74) is 7.43. The second-order valence-corrected chi connectivity index (χ2v) is 11.5. The number of nitrogens with zero attached hydrogens (tertiary/aromatic N) is 1. The fourth-order valence-corrected chi connectivity index (χ4v) is 7.36. The van der Waals surface area contributed by atoms with Crippen molar-refractivity contribution in [2.75, 3.05) is 6.61 Å². The molecule has 2 heterocycles. The number of hydrogen-bond acceptors (Lipinski definition) is 7. The van der Waals surface area contributed by atoms with Gasteiger partial charge in [0.05, 0.1) is 27.5 Å². The molecule has 1 atom stereocenters. The summed E-state index contributed by atoms with van der Waals surface area (Å²) < 4.78 is 35.3. The first-order valence-corrected chi connectivity index (χ1v) is 14.2. The van der Waals surface area contributed by atoms with Gasteiger partial charge in [0.2, 0.25) is 9.84 Å². The van der Waals surface area contributed by atoms with E-state index in [-0.39, 0.29) is 32.5 Å². The van der Waals surface area contributed by atoms with Crippen LogP contribution < -0.4 is 20.5 Å². The van der Waals surface area contributed by atoms with Crippen molar-refractivity contribution < 1.29 is 17.9 Å². The molecular formula is C29H24N2O5S2. The molecule has 1 aromatic heterocycles. The maximum atomic E-state index is 14.1. The number of esters is 1. The van der Waals surface area contributed by atoms with Crippen LogP contribution in [0.3, 0.4) is 0 Å². The number of rotatable bonds is 6. The van der Waals surface area contributed by atoms with Crippen LogP contribution in [0, 0.1) is 0 Å². The Morgan fingerprint density at radius 1 is 0.974 bits per heavy atom. The second kappa shape index (κ2) is 10.3. The number of carbonyl (C=O) groups is 1. The molecule has 4 aromatic rings. The fourth-order valence-electron chi connectivity index (χ4n) is 4.49. The van der Waals surface area contributed by atoms with Gasteiger partial charge in [0, 0.05) is 0 Å². The minimum Gasteiger partial charge on any atom is -0.463 e. The molecule has 9 heteroatoms. The third-order valence-electron chi connectivity index (χ3n) is 6.17. The van der Waals surface area contributed by atoms with Crippen molar-refractivity contribution >= 4 is 44.6 Å². The molecule has 2 N–H and O–H groups in total. The van der Waals surface area contributed by atoms with Crippen LogP contribution in [0.2, 0.25) is 0 Å². The lowest BCUT2D eigenvalue weighted by Crippen LogP contribution is -2.41. The number of aromatic nitrogens is 1. The normalized spacial score (nSPS) is 15.9.